The number of imidazole rings is 1. The first kappa shape index (κ1) is 14.8. The Morgan fingerprint density at radius 1 is 1.36 bits per heavy atom. The van der Waals surface area contributed by atoms with E-state index in [0.717, 1.165) is 35.2 Å². The SMILES string of the molecule is C/C=C(\C=N)c1cnc2ccc(NCC3CCCCC3)nn12. The van der Waals surface area contributed by atoms with E-state index in [1.165, 1.54) is 38.3 Å². The van der Waals surface area contributed by atoms with E-state index < -0.39 is 0 Å². The van der Waals surface area contributed by atoms with Crippen molar-refractivity contribution in [3.05, 3.63) is 30.1 Å². The lowest BCUT2D eigenvalue weighted by Crippen LogP contribution is -2.18. The van der Waals surface area contributed by atoms with Gasteiger partial charge in [-0.3, -0.25) is 0 Å². The predicted octanol–water partition coefficient (Wildman–Crippen LogP) is 3.77. The van der Waals surface area contributed by atoms with Gasteiger partial charge in [0.05, 0.1) is 11.9 Å². The summed E-state index contributed by atoms with van der Waals surface area (Å²) in [5.41, 5.74) is 2.48. The van der Waals surface area contributed by atoms with Crippen molar-refractivity contribution in [1.82, 2.24) is 14.6 Å². The van der Waals surface area contributed by atoms with Crippen LogP contribution in [0.2, 0.25) is 0 Å². The molecular formula is C17H23N5. The van der Waals surface area contributed by atoms with E-state index in [-0.39, 0.29) is 0 Å². The fourth-order valence-corrected chi connectivity index (χ4v) is 3.11. The van der Waals surface area contributed by atoms with Gasteiger partial charge in [0.25, 0.3) is 0 Å². The summed E-state index contributed by atoms with van der Waals surface area (Å²) in [6.07, 6.45) is 11.8. The van der Waals surface area contributed by atoms with Crippen molar-refractivity contribution in [2.75, 3.05) is 11.9 Å². The van der Waals surface area contributed by atoms with Crippen LogP contribution in [0.15, 0.2) is 24.4 Å². The molecule has 0 bridgehead atoms. The second kappa shape index (κ2) is 6.73. The van der Waals surface area contributed by atoms with Gasteiger partial charge in [-0.1, -0.05) is 25.3 Å². The Morgan fingerprint density at radius 2 is 2.18 bits per heavy atom. The average molecular weight is 297 g/mol. The maximum absolute atomic E-state index is 7.50. The molecule has 5 nitrogen and oxygen atoms in total. The molecule has 0 saturated heterocycles. The molecule has 2 aromatic rings. The maximum Gasteiger partial charge on any atom is 0.154 e. The molecule has 5 heteroatoms. The smallest absolute Gasteiger partial charge is 0.154 e. The molecular weight excluding hydrogens is 274 g/mol. The highest BCUT2D eigenvalue weighted by atomic mass is 15.3. The summed E-state index contributed by atoms with van der Waals surface area (Å²) in [6.45, 7) is 2.91. The van der Waals surface area contributed by atoms with E-state index >= 15 is 0 Å². The van der Waals surface area contributed by atoms with Crippen LogP contribution in [-0.2, 0) is 0 Å². The molecule has 22 heavy (non-hydrogen) atoms. The van der Waals surface area contributed by atoms with E-state index in [1.54, 1.807) is 6.20 Å². The van der Waals surface area contributed by atoms with Crippen LogP contribution in [0.3, 0.4) is 0 Å². The van der Waals surface area contributed by atoms with Gasteiger partial charge in [0.1, 0.15) is 5.82 Å². The molecule has 2 heterocycles. The Labute approximate surface area is 131 Å². The fraction of sp³-hybridized carbons (Fsp3) is 0.471. The second-order valence-corrected chi connectivity index (χ2v) is 5.91. The minimum Gasteiger partial charge on any atom is -0.368 e. The van der Waals surface area contributed by atoms with Crippen LogP contribution in [-0.4, -0.2) is 27.4 Å². The van der Waals surface area contributed by atoms with E-state index in [9.17, 15) is 0 Å². The summed E-state index contributed by atoms with van der Waals surface area (Å²) >= 11 is 0. The second-order valence-electron chi connectivity index (χ2n) is 5.91. The molecule has 0 unspecified atom stereocenters. The van der Waals surface area contributed by atoms with Gasteiger partial charge < -0.3 is 10.7 Å². The minimum absolute atomic E-state index is 0.765. The zero-order chi connectivity index (χ0) is 15.4. The van der Waals surface area contributed by atoms with Crippen molar-refractivity contribution in [3.8, 4) is 0 Å². The summed E-state index contributed by atoms with van der Waals surface area (Å²) in [6, 6.07) is 3.95. The lowest BCUT2D eigenvalue weighted by Gasteiger charge is -2.21. The number of fused-ring (bicyclic) bond motifs is 1. The Balaban J connectivity index is 1.79. The first-order valence-corrected chi connectivity index (χ1v) is 8.07. The monoisotopic (exact) mass is 297 g/mol. The van der Waals surface area contributed by atoms with E-state index in [0.29, 0.717) is 0 Å². The highest BCUT2D eigenvalue weighted by molar-refractivity contribution is 6.07. The molecule has 0 radical (unpaired) electrons. The Hall–Kier alpha value is -2.17. The van der Waals surface area contributed by atoms with Gasteiger partial charge in [-0.2, -0.15) is 0 Å². The molecule has 2 N–H and O–H groups in total. The normalized spacial score (nSPS) is 16.9. The number of nitrogens with one attached hydrogen (secondary N) is 2. The Morgan fingerprint density at radius 3 is 2.91 bits per heavy atom. The van der Waals surface area contributed by atoms with E-state index in [2.05, 4.69) is 15.4 Å². The molecule has 0 aliphatic heterocycles. The number of hydrogen-bond acceptors (Lipinski definition) is 4. The summed E-state index contributed by atoms with van der Waals surface area (Å²) in [5, 5.41) is 15.6. The molecule has 0 aromatic carbocycles. The third-order valence-corrected chi connectivity index (χ3v) is 4.42. The first-order chi connectivity index (χ1) is 10.8. The molecule has 0 amide bonds. The van der Waals surface area contributed by atoms with Crippen LogP contribution in [0.1, 0.15) is 44.7 Å². The highest BCUT2D eigenvalue weighted by Gasteiger charge is 2.14. The third-order valence-electron chi connectivity index (χ3n) is 4.42. The molecule has 0 atom stereocenters. The van der Waals surface area contributed by atoms with Gasteiger partial charge in [-0.25, -0.2) is 9.50 Å². The van der Waals surface area contributed by atoms with Crippen molar-refractivity contribution in [2.24, 2.45) is 5.92 Å². The van der Waals surface area contributed by atoms with Gasteiger partial charge in [0.15, 0.2) is 5.65 Å². The molecule has 1 saturated carbocycles. The van der Waals surface area contributed by atoms with Crippen molar-refractivity contribution in [1.29, 1.82) is 5.41 Å². The van der Waals surface area contributed by atoms with Crippen LogP contribution in [0.5, 0.6) is 0 Å². The maximum atomic E-state index is 7.50. The summed E-state index contributed by atoms with van der Waals surface area (Å²) in [7, 11) is 0. The van der Waals surface area contributed by atoms with Crippen LogP contribution in [0.4, 0.5) is 5.82 Å². The number of nitrogens with zero attached hydrogens (tertiary/aromatic N) is 3. The lowest BCUT2D eigenvalue weighted by atomic mass is 9.89. The molecule has 116 valence electrons. The Bertz CT molecular complexity index is 679. The van der Waals surface area contributed by atoms with Crippen molar-refractivity contribution < 1.29 is 0 Å². The predicted molar refractivity (Wildman–Crippen MR) is 90.5 cm³/mol. The quantitative estimate of drug-likeness (QED) is 0.825. The molecule has 3 rings (SSSR count). The number of aromatic nitrogens is 3. The topological polar surface area (TPSA) is 66.1 Å². The van der Waals surface area contributed by atoms with Gasteiger partial charge in [0.2, 0.25) is 0 Å². The van der Waals surface area contributed by atoms with Gasteiger partial charge in [-0.05, 0) is 37.8 Å². The number of anilines is 1. The molecule has 1 aliphatic rings. The molecule has 2 aromatic heterocycles. The average Bonchev–Trinajstić information content (AvgIpc) is 2.98. The van der Waals surface area contributed by atoms with Crippen LogP contribution >= 0.6 is 0 Å². The summed E-state index contributed by atoms with van der Waals surface area (Å²) in [5.74, 6) is 1.64. The van der Waals surface area contributed by atoms with Crippen LogP contribution in [0.25, 0.3) is 11.2 Å². The van der Waals surface area contributed by atoms with E-state index in [1.807, 2.05) is 29.6 Å². The molecule has 0 spiro atoms. The minimum atomic E-state index is 0.765. The molecule has 1 aliphatic carbocycles. The lowest BCUT2D eigenvalue weighted by molar-refractivity contribution is 0.373. The van der Waals surface area contributed by atoms with E-state index in [4.69, 9.17) is 5.41 Å². The number of hydrogen-bond donors (Lipinski definition) is 2. The largest absolute Gasteiger partial charge is 0.368 e. The zero-order valence-electron chi connectivity index (χ0n) is 13.0. The number of allylic oxidation sites excluding steroid dienone is 2. The first-order valence-electron chi connectivity index (χ1n) is 8.07. The molecule has 1 fully saturated rings. The standard InChI is InChI=1S/C17H23N5/c1-2-14(10-18)15-12-20-17-9-8-16(21-22(15)17)19-11-13-6-4-3-5-7-13/h2,8-10,12-13,18H,3-7,11H2,1H3,(H,19,21)/b14-2+,18-10?. The van der Waals surface area contributed by atoms with Crippen LogP contribution in [0, 0.1) is 11.3 Å². The van der Waals surface area contributed by atoms with Crippen molar-refractivity contribution >= 4 is 23.3 Å². The number of rotatable bonds is 5. The summed E-state index contributed by atoms with van der Waals surface area (Å²) < 4.78 is 1.81. The van der Waals surface area contributed by atoms with Gasteiger partial charge >= 0.3 is 0 Å². The van der Waals surface area contributed by atoms with Gasteiger partial charge in [-0.15, -0.1) is 5.10 Å². The van der Waals surface area contributed by atoms with Crippen molar-refractivity contribution in [2.45, 2.75) is 39.0 Å². The van der Waals surface area contributed by atoms with Crippen molar-refractivity contribution in [3.63, 3.8) is 0 Å². The summed E-state index contributed by atoms with van der Waals surface area (Å²) in [4.78, 5) is 4.36. The van der Waals surface area contributed by atoms with Crippen LogP contribution < -0.4 is 5.32 Å². The van der Waals surface area contributed by atoms with Gasteiger partial charge in [0, 0.05) is 18.3 Å². The fourth-order valence-electron chi connectivity index (χ4n) is 3.11. The Kier molecular flexibility index (Phi) is 4.51. The highest BCUT2D eigenvalue weighted by Crippen LogP contribution is 2.24. The third kappa shape index (κ3) is 3.03. The zero-order valence-corrected chi connectivity index (χ0v) is 13.0.